The third-order valence-corrected chi connectivity index (χ3v) is 3.75. The van der Waals surface area contributed by atoms with Crippen molar-refractivity contribution in [1.82, 2.24) is 15.6 Å². The second-order valence-corrected chi connectivity index (χ2v) is 5.61. The highest BCUT2D eigenvalue weighted by atomic mass is 79.9. The van der Waals surface area contributed by atoms with Crippen LogP contribution in [0.3, 0.4) is 0 Å². The summed E-state index contributed by atoms with van der Waals surface area (Å²) in [5.74, 6) is -0.539. The summed E-state index contributed by atoms with van der Waals surface area (Å²) in [5, 5.41) is 6.53. The van der Waals surface area contributed by atoms with Crippen molar-refractivity contribution < 1.29 is 9.18 Å². The summed E-state index contributed by atoms with van der Waals surface area (Å²) in [6, 6.07) is 4.84. The molecule has 0 aliphatic carbocycles. The average molecular weight is 326 g/mol. The highest BCUT2D eigenvalue weighted by molar-refractivity contribution is 9.10. The smallest absolute Gasteiger partial charge is 0.267 e. The van der Waals surface area contributed by atoms with E-state index in [1.54, 1.807) is 12.1 Å². The number of carbonyl (C=O) groups excluding carboxylic acids is 1. The van der Waals surface area contributed by atoms with Gasteiger partial charge in [0.05, 0.1) is 5.52 Å². The molecule has 1 unspecified atom stereocenters. The summed E-state index contributed by atoms with van der Waals surface area (Å²) in [5.41, 5.74) is 1.00. The molecular weight excluding hydrogens is 313 g/mol. The minimum Gasteiger partial charge on any atom is -0.350 e. The van der Waals surface area contributed by atoms with E-state index < -0.39 is 0 Å². The van der Waals surface area contributed by atoms with E-state index in [-0.39, 0.29) is 17.8 Å². The minimum absolute atomic E-state index is 0.149. The van der Waals surface area contributed by atoms with Gasteiger partial charge in [0.15, 0.2) is 0 Å². The predicted molar refractivity (Wildman–Crippen MR) is 74.7 cm³/mol. The van der Waals surface area contributed by atoms with E-state index in [1.165, 1.54) is 6.07 Å². The average Bonchev–Trinajstić information content (AvgIpc) is 2.97. The maximum atomic E-state index is 13.7. The Kier molecular flexibility index (Phi) is 3.28. The first kappa shape index (κ1) is 12.6. The number of aromatic amines is 1. The van der Waals surface area contributed by atoms with E-state index in [4.69, 9.17) is 0 Å². The number of hydrogen-bond acceptors (Lipinski definition) is 2. The number of hydrogen-bond donors (Lipinski definition) is 3. The molecule has 0 spiro atoms. The van der Waals surface area contributed by atoms with E-state index in [1.807, 2.05) is 0 Å². The summed E-state index contributed by atoms with van der Waals surface area (Å²) >= 11 is 3.23. The van der Waals surface area contributed by atoms with Crippen LogP contribution in [0.1, 0.15) is 16.9 Å². The normalized spacial score (nSPS) is 18.9. The molecule has 2 aromatic rings. The maximum absolute atomic E-state index is 13.7. The van der Waals surface area contributed by atoms with Gasteiger partial charge in [0, 0.05) is 22.4 Å². The molecule has 1 aliphatic rings. The van der Waals surface area contributed by atoms with Gasteiger partial charge in [-0.3, -0.25) is 4.79 Å². The number of carbonyl (C=O) groups is 1. The predicted octanol–water partition coefficient (Wildman–Crippen LogP) is 2.16. The fourth-order valence-corrected chi connectivity index (χ4v) is 2.75. The van der Waals surface area contributed by atoms with Crippen LogP contribution < -0.4 is 10.6 Å². The quantitative estimate of drug-likeness (QED) is 0.792. The number of benzene rings is 1. The number of nitrogens with one attached hydrogen (secondary N) is 3. The molecule has 1 saturated heterocycles. The van der Waals surface area contributed by atoms with Gasteiger partial charge in [-0.2, -0.15) is 0 Å². The number of aromatic nitrogens is 1. The molecule has 19 heavy (non-hydrogen) atoms. The van der Waals surface area contributed by atoms with Crippen LogP contribution in [-0.4, -0.2) is 30.0 Å². The number of rotatable bonds is 2. The van der Waals surface area contributed by atoms with Crippen LogP contribution in [0.2, 0.25) is 0 Å². The second-order valence-electron chi connectivity index (χ2n) is 4.70. The standard InChI is InChI=1S/C13H13BrFN3O/c14-7-3-10(15)9-5-12(18-11(9)4-7)13(19)17-8-1-2-16-6-8/h3-5,8,16,18H,1-2,6H2,(H,17,19). The molecule has 100 valence electrons. The Morgan fingerprint density at radius 2 is 2.26 bits per heavy atom. The van der Waals surface area contributed by atoms with E-state index in [2.05, 4.69) is 31.5 Å². The van der Waals surface area contributed by atoms with Crippen molar-refractivity contribution in [3.8, 4) is 0 Å². The van der Waals surface area contributed by atoms with Crippen molar-refractivity contribution in [2.75, 3.05) is 13.1 Å². The molecule has 1 aromatic heterocycles. The zero-order valence-corrected chi connectivity index (χ0v) is 11.7. The van der Waals surface area contributed by atoms with Gasteiger partial charge in [-0.25, -0.2) is 4.39 Å². The van der Waals surface area contributed by atoms with Gasteiger partial charge in [0.2, 0.25) is 0 Å². The van der Waals surface area contributed by atoms with Crippen molar-refractivity contribution in [3.63, 3.8) is 0 Å². The zero-order chi connectivity index (χ0) is 13.4. The lowest BCUT2D eigenvalue weighted by Gasteiger charge is -2.09. The number of H-pyrrole nitrogens is 1. The Bertz CT molecular complexity index is 634. The summed E-state index contributed by atoms with van der Waals surface area (Å²) in [6.07, 6.45) is 0.922. The third-order valence-electron chi connectivity index (χ3n) is 3.29. The monoisotopic (exact) mass is 325 g/mol. The number of amides is 1. The molecule has 4 nitrogen and oxygen atoms in total. The van der Waals surface area contributed by atoms with Crippen LogP contribution >= 0.6 is 15.9 Å². The van der Waals surface area contributed by atoms with Gasteiger partial charge >= 0.3 is 0 Å². The fourth-order valence-electron chi connectivity index (χ4n) is 2.32. The lowest BCUT2D eigenvalue weighted by atomic mass is 10.2. The Balaban J connectivity index is 1.88. The SMILES string of the molecule is O=C(NC1CCNC1)c1cc2c(F)cc(Br)cc2[nH]1. The second kappa shape index (κ2) is 4.94. The van der Waals surface area contributed by atoms with Crippen LogP contribution in [0.25, 0.3) is 10.9 Å². The molecule has 0 bridgehead atoms. The topological polar surface area (TPSA) is 56.9 Å². The number of fused-ring (bicyclic) bond motifs is 1. The molecule has 6 heteroatoms. The highest BCUT2D eigenvalue weighted by Gasteiger charge is 2.19. The lowest BCUT2D eigenvalue weighted by Crippen LogP contribution is -2.36. The molecule has 3 N–H and O–H groups in total. The minimum atomic E-state index is -0.345. The van der Waals surface area contributed by atoms with Crippen molar-refractivity contribution >= 4 is 32.7 Å². The van der Waals surface area contributed by atoms with Crippen LogP contribution in [0.5, 0.6) is 0 Å². The first-order valence-electron chi connectivity index (χ1n) is 6.13. The Morgan fingerprint density at radius 3 is 3.00 bits per heavy atom. The van der Waals surface area contributed by atoms with Gasteiger partial charge in [-0.05, 0) is 31.2 Å². The van der Waals surface area contributed by atoms with E-state index in [0.717, 1.165) is 19.5 Å². The van der Waals surface area contributed by atoms with Gasteiger partial charge < -0.3 is 15.6 Å². The van der Waals surface area contributed by atoms with Crippen LogP contribution in [0, 0.1) is 5.82 Å². The largest absolute Gasteiger partial charge is 0.350 e. The summed E-state index contributed by atoms with van der Waals surface area (Å²) in [4.78, 5) is 15.0. The molecular formula is C13H13BrFN3O. The number of halogens is 2. The summed E-state index contributed by atoms with van der Waals surface area (Å²) in [7, 11) is 0. The van der Waals surface area contributed by atoms with Gasteiger partial charge in [0.1, 0.15) is 11.5 Å². The first-order chi connectivity index (χ1) is 9.13. The molecule has 3 rings (SSSR count). The van der Waals surface area contributed by atoms with Crippen LogP contribution in [-0.2, 0) is 0 Å². The molecule has 1 fully saturated rings. The highest BCUT2D eigenvalue weighted by Crippen LogP contribution is 2.24. The van der Waals surface area contributed by atoms with Crippen LogP contribution in [0.4, 0.5) is 4.39 Å². The van der Waals surface area contributed by atoms with E-state index >= 15 is 0 Å². The molecule has 0 saturated carbocycles. The Morgan fingerprint density at radius 1 is 1.42 bits per heavy atom. The molecule has 2 heterocycles. The fraction of sp³-hybridized carbons (Fsp3) is 0.308. The van der Waals surface area contributed by atoms with Crippen molar-refractivity contribution in [1.29, 1.82) is 0 Å². The molecule has 0 radical (unpaired) electrons. The third kappa shape index (κ3) is 2.50. The van der Waals surface area contributed by atoms with Crippen molar-refractivity contribution in [2.45, 2.75) is 12.5 Å². The molecule has 1 atom stereocenters. The Hall–Kier alpha value is -1.40. The van der Waals surface area contributed by atoms with E-state index in [9.17, 15) is 9.18 Å². The maximum Gasteiger partial charge on any atom is 0.267 e. The van der Waals surface area contributed by atoms with Crippen molar-refractivity contribution in [3.05, 3.63) is 34.2 Å². The molecule has 1 aromatic carbocycles. The van der Waals surface area contributed by atoms with Gasteiger partial charge in [-0.15, -0.1) is 0 Å². The zero-order valence-electron chi connectivity index (χ0n) is 10.1. The van der Waals surface area contributed by atoms with Crippen LogP contribution in [0.15, 0.2) is 22.7 Å². The summed E-state index contributed by atoms with van der Waals surface area (Å²) in [6.45, 7) is 1.70. The van der Waals surface area contributed by atoms with Crippen molar-refractivity contribution in [2.24, 2.45) is 0 Å². The first-order valence-corrected chi connectivity index (χ1v) is 6.92. The van der Waals surface area contributed by atoms with Gasteiger partial charge in [0.25, 0.3) is 5.91 Å². The molecule has 1 aliphatic heterocycles. The lowest BCUT2D eigenvalue weighted by molar-refractivity contribution is 0.0936. The Labute approximate surface area is 117 Å². The molecule has 1 amide bonds. The van der Waals surface area contributed by atoms with E-state index in [0.29, 0.717) is 21.1 Å². The van der Waals surface area contributed by atoms with Gasteiger partial charge in [-0.1, -0.05) is 15.9 Å². The summed E-state index contributed by atoms with van der Waals surface area (Å²) < 4.78 is 14.4.